The lowest BCUT2D eigenvalue weighted by atomic mass is 10.0. The van der Waals surface area contributed by atoms with Gasteiger partial charge >= 0.3 is 0 Å². The predicted octanol–water partition coefficient (Wildman–Crippen LogP) is 2.64. The van der Waals surface area contributed by atoms with Gasteiger partial charge in [-0.2, -0.15) is 5.10 Å². The Bertz CT molecular complexity index is 374. The molecule has 1 fully saturated rings. The summed E-state index contributed by atoms with van der Waals surface area (Å²) in [5, 5.41) is 8.04. The highest BCUT2D eigenvalue weighted by Gasteiger charge is 2.42. The first-order valence-corrected chi connectivity index (χ1v) is 5.71. The highest BCUT2D eigenvalue weighted by atomic mass is 15.3. The van der Waals surface area contributed by atoms with Crippen LogP contribution in [-0.4, -0.2) is 15.8 Å². The van der Waals surface area contributed by atoms with Crippen LogP contribution in [0, 0.1) is 19.3 Å². The van der Waals surface area contributed by atoms with Crippen LogP contribution in [0.4, 0.5) is 5.69 Å². The maximum atomic E-state index is 4.42. The van der Waals surface area contributed by atoms with E-state index in [2.05, 4.69) is 38.1 Å². The van der Waals surface area contributed by atoms with Crippen molar-refractivity contribution in [1.29, 1.82) is 0 Å². The van der Waals surface area contributed by atoms with E-state index >= 15 is 0 Å². The van der Waals surface area contributed by atoms with Crippen LogP contribution < -0.4 is 5.32 Å². The first kappa shape index (κ1) is 10.5. The second-order valence-electron chi connectivity index (χ2n) is 5.19. The SMILES string of the molecule is Cc1nn(C)c(C)c1NC(C)C1(C)CC1. The maximum Gasteiger partial charge on any atom is 0.0827 e. The Labute approximate surface area is 91.9 Å². The molecule has 0 spiro atoms. The first-order valence-electron chi connectivity index (χ1n) is 5.71. The summed E-state index contributed by atoms with van der Waals surface area (Å²) in [7, 11) is 2.00. The van der Waals surface area contributed by atoms with Crippen LogP contribution in [0.3, 0.4) is 0 Å². The Morgan fingerprint density at radius 3 is 2.40 bits per heavy atom. The van der Waals surface area contributed by atoms with E-state index in [4.69, 9.17) is 0 Å². The van der Waals surface area contributed by atoms with Crippen molar-refractivity contribution in [2.75, 3.05) is 5.32 Å². The number of nitrogens with zero attached hydrogens (tertiary/aromatic N) is 2. The molecule has 2 rings (SSSR count). The minimum Gasteiger partial charge on any atom is -0.379 e. The molecule has 0 saturated heterocycles. The fourth-order valence-electron chi connectivity index (χ4n) is 2.00. The summed E-state index contributed by atoms with van der Waals surface area (Å²) >= 11 is 0. The predicted molar refractivity (Wildman–Crippen MR) is 63.1 cm³/mol. The molecular weight excluding hydrogens is 186 g/mol. The molecule has 1 aromatic rings. The van der Waals surface area contributed by atoms with Gasteiger partial charge in [0.2, 0.25) is 0 Å². The van der Waals surface area contributed by atoms with Gasteiger partial charge in [-0.25, -0.2) is 0 Å². The lowest BCUT2D eigenvalue weighted by Gasteiger charge is -2.21. The van der Waals surface area contributed by atoms with Crippen molar-refractivity contribution in [2.24, 2.45) is 12.5 Å². The zero-order valence-electron chi connectivity index (χ0n) is 10.4. The summed E-state index contributed by atoms with van der Waals surface area (Å²) in [6, 6.07) is 0.541. The highest BCUT2D eigenvalue weighted by molar-refractivity contribution is 5.53. The molecule has 1 saturated carbocycles. The third-order valence-electron chi connectivity index (χ3n) is 3.95. The molecule has 0 radical (unpaired) electrons. The van der Waals surface area contributed by atoms with Gasteiger partial charge < -0.3 is 5.32 Å². The van der Waals surface area contributed by atoms with Gasteiger partial charge in [-0.05, 0) is 39.0 Å². The zero-order valence-corrected chi connectivity index (χ0v) is 10.4. The second-order valence-corrected chi connectivity index (χ2v) is 5.19. The number of hydrogen-bond donors (Lipinski definition) is 1. The Hall–Kier alpha value is -0.990. The van der Waals surface area contributed by atoms with Gasteiger partial charge in [0.1, 0.15) is 0 Å². The quantitative estimate of drug-likeness (QED) is 0.825. The Kier molecular flexibility index (Phi) is 2.28. The molecule has 15 heavy (non-hydrogen) atoms. The van der Waals surface area contributed by atoms with Gasteiger partial charge in [0.05, 0.1) is 17.1 Å². The Morgan fingerprint density at radius 1 is 1.40 bits per heavy atom. The topological polar surface area (TPSA) is 29.9 Å². The minimum atomic E-state index is 0.509. The van der Waals surface area contributed by atoms with Crippen LogP contribution in [0.1, 0.15) is 38.1 Å². The number of aromatic nitrogens is 2. The van der Waals surface area contributed by atoms with E-state index in [1.807, 2.05) is 11.7 Å². The molecule has 1 N–H and O–H groups in total. The van der Waals surface area contributed by atoms with Crippen LogP contribution >= 0.6 is 0 Å². The van der Waals surface area contributed by atoms with E-state index in [-0.39, 0.29) is 0 Å². The molecule has 1 unspecified atom stereocenters. The maximum absolute atomic E-state index is 4.42. The number of hydrogen-bond acceptors (Lipinski definition) is 2. The smallest absolute Gasteiger partial charge is 0.0827 e. The summed E-state index contributed by atoms with van der Waals surface area (Å²) in [4.78, 5) is 0. The van der Waals surface area contributed by atoms with Crippen molar-refractivity contribution in [2.45, 2.75) is 46.6 Å². The van der Waals surface area contributed by atoms with Gasteiger partial charge in [-0.15, -0.1) is 0 Å². The van der Waals surface area contributed by atoms with Gasteiger partial charge in [-0.3, -0.25) is 4.68 Å². The van der Waals surface area contributed by atoms with Gasteiger partial charge in [0, 0.05) is 13.1 Å². The van der Waals surface area contributed by atoms with Crippen molar-refractivity contribution < 1.29 is 0 Å². The van der Waals surface area contributed by atoms with Crippen LogP contribution in [0.15, 0.2) is 0 Å². The van der Waals surface area contributed by atoms with E-state index in [1.165, 1.54) is 24.2 Å². The fraction of sp³-hybridized carbons (Fsp3) is 0.750. The molecule has 84 valence electrons. The van der Waals surface area contributed by atoms with Crippen molar-refractivity contribution in [3.8, 4) is 0 Å². The van der Waals surface area contributed by atoms with Crippen molar-refractivity contribution >= 4 is 5.69 Å². The molecule has 3 heteroatoms. The van der Waals surface area contributed by atoms with E-state index in [1.54, 1.807) is 0 Å². The average molecular weight is 207 g/mol. The van der Waals surface area contributed by atoms with Crippen molar-refractivity contribution in [3.05, 3.63) is 11.4 Å². The number of rotatable bonds is 3. The third kappa shape index (κ3) is 1.75. The van der Waals surface area contributed by atoms with Gasteiger partial charge in [0.25, 0.3) is 0 Å². The molecule has 1 heterocycles. The lowest BCUT2D eigenvalue weighted by Crippen LogP contribution is -2.25. The first-order chi connectivity index (χ1) is 6.94. The summed E-state index contributed by atoms with van der Waals surface area (Å²) in [5.74, 6) is 0. The molecule has 1 aliphatic rings. The van der Waals surface area contributed by atoms with E-state index in [0.29, 0.717) is 11.5 Å². The Morgan fingerprint density at radius 2 is 2.00 bits per heavy atom. The van der Waals surface area contributed by atoms with Crippen LogP contribution in [-0.2, 0) is 7.05 Å². The van der Waals surface area contributed by atoms with Gasteiger partial charge in [-0.1, -0.05) is 6.92 Å². The second kappa shape index (κ2) is 3.26. The molecule has 3 nitrogen and oxygen atoms in total. The monoisotopic (exact) mass is 207 g/mol. The zero-order chi connectivity index (χ0) is 11.2. The summed E-state index contributed by atoms with van der Waals surface area (Å²) in [5.41, 5.74) is 4.06. The van der Waals surface area contributed by atoms with Crippen LogP contribution in [0.5, 0.6) is 0 Å². The molecular formula is C12H21N3. The normalized spacial score (nSPS) is 20.1. The van der Waals surface area contributed by atoms with E-state index in [9.17, 15) is 0 Å². The molecule has 1 aliphatic carbocycles. The molecule has 1 aromatic heterocycles. The number of aryl methyl sites for hydroxylation is 2. The summed E-state index contributed by atoms with van der Waals surface area (Å²) in [6.07, 6.45) is 2.69. The van der Waals surface area contributed by atoms with Crippen molar-refractivity contribution in [3.63, 3.8) is 0 Å². The van der Waals surface area contributed by atoms with E-state index in [0.717, 1.165) is 5.69 Å². The van der Waals surface area contributed by atoms with Crippen LogP contribution in [0.25, 0.3) is 0 Å². The molecule has 0 bridgehead atoms. The Balaban J connectivity index is 2.16. The summed E-state index contributed by atoms with van der Waals surface area (Å²) < 4.78 is 1.94. The largest absolute Gasteiger partial charge is 0.379 e. The number of anilines is 1. The fourth-order valence-corrected chi connectivity index (χ4v) is 2.00. The highest BCUT2D eigenvalue weighted by Crippen LogP contribution is 2.49. The van der Waals surface area contributed by atoms with E-state index < -0.39 is 0 Å². The average Bonchev–Trinajstić information content (AvgIpc) is 2.87. The number of nitrogens with one attached hydrogen (secondary N) is 1. The van der Waals surface area contributed by atoms with Gasteiger partial charge in [0.15, 0.2) is 0 Å². The molecule has 0 amide bonds. The molecule has 1 atom stereocenters. The van der Waals surface area contributed by atoms with Crippen molar-refractivity contribution in [1.82, 2.24) is 9.78 Å². The standard InChI is InChI=1S/C12H21N3/c1-8-11(9(2)15(5)14-8)13-10(3)12(4)6-7-12/h10,13H,6-7H2,1-5H3. The van der Waals surface area contributed by atoms with Crippen LogP contribution in [0.2, 0.25) is 0 Å². The lowest BCUT2D eigenvalue weighted by molar-refractivity contribution is 0.493. The summed E-state index contributed by atoms with van der Waals surface area (Å²) in [6.45, 7) is 8.81. The molecule has 0 aliphatic heterocycles. The minimum absolute atomic E-state index is 0.509. The molecule has 0 aromatic carbocycles. The third-order valence-corrected chi connectivity index (χ3v) is 3.95.